The van der Waals surface area contributed by atoms with Crippen molar-refractivity contribution >= 4 is 22.8 Å². The van der Waals surface area contributed by atoms with Gasteiger partial charge in [-0.15, -0.1) is 0 Å². The molecule has 4 aromatic rings. The van der Waals surface area contributed by atoms with Gasteiger partial charge in [-0.05, 0) is 62.2 Å². The van der Waals surface area contributed by atoms with Gasteiger partial charge in [-0.3, -0.25) is 13.9 Å². The molecule has 3 N–H and O–H groups in total. The Labute approximate surface area is 195 Å². The van der Waals surface area contributed by atoms with Gasteiger partial charge < -0.3 is 15.8 Å². The van der Waals surface area contributed by atoms with Gasteiger partial charge in [0, 0.05) is 6.54 Å². The van der Waals surface area contributed by atoms with Crippen LogP contribution in [0.15, 0.2) is 65.7 Å². The molecule has 0 spiro atoms. The Bertz CT molecular complexity index is 1490. The predicted molar refractivity (Wildman–Crippen MR) is 128 cm³/mol. The first-order valence-corrected chi connectivity index (χ1v) is 10.8. The number of nitrogens with zero attached hydrogens (tertiary/aromatic N) is 4. The van der Waals surface area contributed by atoms with E-state index >= 15 is 0 Å². The van der Waals surface area contributed by atoms with E-state index in [0.29, 0.717) is 35.7 Å². The number of imidazole rings is 1. The summed E-state index contributed by atoms with van der Waals surface area (Å²) < 4.78 is 8.71. The fourth-order valence-electron chi connectivity index (χ4n) is 4.36. The lowest BCUT2D eigenvalue weighted by molar-refractivity contribution is -0.121. The van der Waals surface area contributed by atoms with Crippen LogP contribution in [0.1, 0.15) is 13.3 Å². The number of nitrogens with one attached hydrogen (secondary N) is 1. The molecule has 9 heteroatoms. The number of ketones is 1. The summed E-state index contributed by atoms with van der Waals surface area (Å²) in [5, 5.41) is 3.19. The van der Waals surface area contributed by atoms with Crippen molar-refractivity contribution in [2.75, 3.05) is 18.8 Å². The number of aromatic nitrogens is 4. The smallest absolute Gasteiger partial charge is 0.336 e. The van der Waals surface area contributed by atoms with E-state index in [1.165, 1.54) is 15.5 Å². The molecule has 2 aromatic heterocycles. The standard InChI is InChI=1S/C25H22N6O3/c1-2-6-20(32)25(13-14-27-15-25)31-23-21(22(26)28-16-29-23)30(24(31)33)17-9-11-19(12-10-17)34-18-7-4-3-5-8-18/h3-5,7-12,16,27H,13-15H2,1H3,(H2,26,28,29)/t25-/m0/s1. The zero-order chi connectivity index (χ0) is 23.7. The number of carbonyl (C=O) groups is 1. The minimum atomic E-state index is -1.18. The number of rotatable bonds is 5. The molecule has 9 nitrogen and oxygen atoms in total. The van der Waals surface area contributed by atoms with E-state index in [1.807, 2.05) is 30.3 Å². The zero-order valence-corrected chi connectivity index (χ0v) is 18.5. The van der Waals surface area contributed by atoms with Crippen molar-refractivity contribution in [1.29, 1.82) is 0 Å². The van der Waals surface area contributed by atoms with Crippen molar-refractivity contribution < 1.29 is 9.53 Å². The van der Waals surface area contributed by atoms with E-state index in [-0.39, 0.29) is 23.8 Å². The topological polar surface area (TPSA) is 117 Å². The number of para-hydroxylation sites is 1. The Morgan fingerprint density at radius 1 is 1.12 bits per heavy atom. The molecule has 3 heterocycles. The Morgan fingerprint density at radius 2 is 1.85 bits per heavy atom. The van der Waals surface area contributed by atoms with E-state index in [9.17, 15) is 9.59 Å². The summed E-state index contributed by atoms with van der Waals surface area (Å²) in [7, 11) is 0. The third-order valence-corrected chi connectivity index (χ3v) is 5.95. The molecule has 2 aromatic carbocycles. The molecule has 1 saturated heterocycles. The van der Waals surface area contributed by atoms with Crippen molar-refractivity contribution in [1.82, 2.24) is 24.4 Å². The predicted octanol–water partition coefficient (Wildman–Crippen LogP) is 2.24. The van der Waals surface area contributed by atoms with Gasteiger partial charge in [-0.2, -0.15) is 0 Å². The van der Waals surface area contributed by atoms with Crippen LogP contribution in [0.2, 0.25) is 0 Å². The van der Waals surface area contributed by atoms with Gasteiger partial charge in [0.2, 0.25) is 5.78 Å². The molecule has 0 saturated carbocycles. The second kappa shape index (κ2) is 8.50. The highest BCUT2D eigenvalue weighted by atomic mass is 16.5. The maximum Gasteiger partial charge on any atom is 0.336 e. The summed E-state index contributed by atoms with van der Waals surface area (Å²) >= 11 is 0. The minimum Gasteiger partial charge on any atom is -0.457 e. The number of nitrogens with two attached hydrogens (primary N) is 1. The van der Waals surface area contributed by atoms with Crippen LogP contribution in [0, 0.1) is 11.8 Å². The average Bonchev–Trinajstić information content (AvgIpc) is 3.44. The number of hydrogen-bond donors (Lipinski definition) is 2. The number of hydrogen-bond acceptors (Lipinski definition) is 7. The van der Waals surface area contributed by atoms with Crippen LogP contribution in [0.5, 0.6) is 11.5 Å². The third-order valence-electron chi connectivity index (χ3n) is 5.95. The Kier molecular flexibility index (Phi) is 5.36. The SMILES string of the molecule is CC#CC(=O)[C@]1(n2c(=O)n(-c3ccc(Oc4ccccc4)cc3)c3c(N)ncnc32)CCNC1. The lowest BCUT2D eigenvalue weighted by Gasteiger charge is -2.25. The lowest BCUT2D eigenvalue weighted by Crippen LogP contribution is -2.48. The van der Waals surface area contributed by atoms with Gasteiger partial charge in [-0.25, -0.2) is 14.8 Å². The molecule has 170 valence electrons. The third kappa shape index (κ3) is 3.41. The molecule has 5 rings (SSSR count). The molecular formula is C25H22N6O3. The van der Waals surface area contributed by atoms with E-state index in [2.05, 4.69) is 27.1 Å². The van der Waals surface area contributed by atoms with E-state index in [1.54, 1.807) is 31.2 Å². The Morgan fingerprint density at radius 3 is 2.53 bits per heavy atom. The molecule has 1 atom stereocenters. The van der Waals surface area contributed by atoms with Crippen LogP contribution in [-0.2, 0) is 10.3 Å². The summed E-state index contributed by atoms with van der Waals surface area (Å²) in [4.78, 5) is 35.4. The lowest BCUT2D eigenvalue weighted by atomic mass is 9.92. The van der Waals surface area contributed by atoms with Gasteiger partial charge in [0.25, 0.3) is 0 Å². The summed E-state index contributed by atoms with van der Waals surface area (Å²) in [5.41, 5.74) is 5.77. The number of anilines is 1. The minimum absolute atomic E-state index is 0.139. The molecule has 0 amide bonds. The molecule has 1 fully saturated rings. The molecule has 34 heavy (non-hydrogen) atoms. The monoisotopic (exact) mass is 454 g/mol. The second-order valence-corrected chi connectivity index (χ2v) is 7.96. The van der Waals surface area contributed by atoms with Crippen molar-refractivity contribution in [3.8, 4) is 29.0 Å². The highest BCUT2D eigenvalue weighted by molar-refractivity contribution is 6.03. The quantitative estimate of drug-likeness (QED) is 0.351. The van der Waals surface area contributed by atoms with Gasteiger partial charge in [0.15, 0.2) is 11.5 Å². The molecule has 0 unspecified atom stereocenters. The number of carbonyl (C=O) groups excluding carboxylic acids is 1. The van der Waals surface area contributed by atoms with Crippen LogP contribution in [-0.4, -0.2) is 38.0 Å². The number of nitrogen functional groups attached to an aromatic ring is 1. The summed E-state index contributed by atoms with van der Waals surface area (Å²) in [6.45, 7) is 2.44. The summed E-state index contributed by atoms with van der Waals surface area (Å²) in [5.74, 6) is 6.40. The first-order valence-electron chi connectivity index (χ1n) is 10.8. The highest BCUT2D eigenvalue weighted by Crippen LogP contribution is 2.31. The van der Waals surface area contributed by atoms with Gasteiger partial charge >= 0.3 is 5.69 Å². The van der Waals surface area contributed by atoms with E-state index in [4.69, 9.17) is 10.5 Å². The first kappa shape index (κ1) is 21.4. The highest BCUT2D eigenvalue weighted by Gasteiger charge is 2.45. The normalized spacial score (nSPS) is 17.3. The summed E-state index contributed by atoms with van der Waals surface area (Å²) in [6.07, 6.45) is 1.70. The average molecular weight is 454 g/mol. The van der Waals surface area contributed by atoms with Crippen LogP contribution in [0.3, 0.4) is 0 Å². The zero-order valence-electron chi connectivity index (χ0n) is 18.5. The number of Topliss-reactive ketones (excluding diaryl/α,β-unsaturated/α-hetero) is 1. The van der Waals surface area contributed by atoms with Crippen LogP contribution in [0.4, 0.5) is 5.82 Å². The van der Waals surface area contributed by atoms with Crippen molar-refractivity contribution in [3.63, 3.8) is 0 Å². The van der Waals surface area contributed by atoms with E-state index < -0.39 is 11.2 Å². The maximum atomic E-state index is 13.9. The van der Waals surface area contributed by atoms with Crippen molar-refractivity contribution in [3.05, 3.63) is 71.4 Å². The first-order chi connectivity index (χ1) is 16.5. The fraction of sp³-hybridized carbons (Fsp3) is 0.200. The molecular weight excluding hydrogens is 432 g/mol. The second-order valence-electron chi connectivity index (χ2n) is 7.96. The molecule has 0 bridgehead atoms. The number of fused-ring (bicyclic) bond motifs is 1. The maximum absolute atomic E-state index is 13.9. The van der Waals surface area contributed by atoms with Crippen molar-refractivity contribution in [2.24, 2.45) is 0 Å². The van der Waals surface area contributed by atoms with Crippen LogP contribution >= 0.6 is 0 Å². The molecule has 0 aliphatic carbocycles. The van der Waals surface area contributed by atoms with Crippen LogP contribution < -0.4 is 21.5 Å². The molecule has 1 aliphatic rings. The van der Waals surface area contributed by atoms with Crippen LogP contribution in [0.25, 0.3) is 16.9 Å². The van der Waals surface area contributed by atoms with Gasteiger partial charge in [-0.1, -0.05) is 24.1 Å². The van der Waals surface area contributed by atoms with Gasteiger partial charge in [0.05, 0.1) is 5.69 Å². The largest absolute Gasteiger partial charge is 0.457 e. The fourth-order valence-corrected chi connectivity index (χ4v) is 4.36. The van der Waals surface area contributed by atoms with Gasteiger partial charge in [0.1, 0.15) is 28.9 Å². The summed E-state index contributed by atoms with van der Waals surface area (Å²) in [6, 6.07) is 16.4. The number of benzene rings is 2. The Hall–Kier alpha value is -4.42. The van der Waals surface area contributed by atoms with E-state index in [0.717, 1.165) is 0 Å². The van der Waals surface area contributed by atoms with Crippen molar-refractivity contribution in [2.45, 2.75) is 18.9 Å². The number of ether oxygens (including phenoxy) is 1. The molecule has 1 aliphatic heterocycles. The molecule has 0 radical (unpaired) electrons. The Balaban J connectivity index is 1.67.